The van der Waals surface area contributed by atoms with E-state index in [1.807, 2.05) is 36.4 Å². The third-order valence-corrected chi connectivity index (χ3v) is 5.46. The van der Waals surface area contributed by atoms with Gasteiger partial charge in [-0.25, -0.2) is 0 Å². The van der Waals surface area contributed by atoms with Gasteiger partial charge in [0.2, 0.25) is 0 Å². The molecular weight excluding hydrogens is 370 g/mol. The van der Waals surface area contributed by atoms with Gasteiger partial charge in [-0.2, -0.15) is 0 Å². The first-order chi connectivity index (χ1) is 14.0. The van der Waals surface area contributed by atoms with Gasteiger partial charge in [-0.1, -0.05) is 19.1 Å². The molecular formula is C23H27NO5. The van der Waals surface area contributed by atoms with Crippen molar-refractivity contribution in [3.05, 3.63) is 58.7 Å². The SMILES string of the molecule is CCc1ccc(C(=O)N2CCc3cc(OC)c(OC)cc3[C@H]2CC(=O)OC)cc1. The van der Waals surface area contributed by atoms with Gasteiger partial charge >= 0.3 is 5.97 Å². The van der Waals surface area contributed by atoms with Gasteiger partial charge in [0.15, 0.2) is 11.5 Å². The van der Waals surface area contributed by atoms with Crippen LogP contribution in [0.5, 0.6) is 11.5 Å². The molecule has 2 aromatic carbocycles. The second-order valence-electron chi connectivity index (χ2n) is 7.00. The van der Waals surface area contributed by atoms with E-state index in [1.54, 1.807) is 19.1 Å². The second kappa shape index (κ2) is 8.99. The largest absolute Gasteiger partial charge is 0.493 e. The van der Waals surface area contributed by atoms with Crippen molar-refractivity contribution in [2.24, 2.45) is 0 Å². The van der Waals surface area contributed by atoms with Crippen molar-refractivity contribution >= 4 is 11.9 Å². The van der Waals surface area contributed by atoms with Gasteiger partial charge in [-0.15, -0.1) is 0 Å². The van der Waals surface area contributed by atoms with Crippen molar-refractivity contribution in [1.82, 2.24) is 4.90 Å². The molecule has 0 aliphatic carbocycles. The van der Waals surface area contributed by atoms with Crippen LogP contribution in [0.2, 0.25) is 0 Å². The Morgan fingerprint density at radius 3 is 2.28 bits per heavy atom. The first-order valence-electron chi connectivity index (χ1n) is 9.73. The lowest BCUT2D eigenvalue weighted by Gasteiger charge is -2.37. The molecule has 6 nitrogen and oxygen atoms in total. The van der Waals surface area contributed by atoms with Crippen LogP contribution in [0.3, 0.4) is 0 Å². The van der Waals surface area contributed by atoms with E-state index >= 15 is 0 Å². The monoisotopic (exact) mass is 397 g/mol. The van der Waals surface area contributed by atoms with Crippen LogP contribution < -0.4 is 9.47 Å². The topological polar surface area (TPSA) is 65.1 Å². The van der Waals surface area contributed by atoms with E-state index in [9.17, 15) is 9.59 Å². The highest BCUT2D eigenvalue weighted by Crippen LogP contribution is 2.40. The molecule has 0 fully saturated rings. The number of aryl methyl sites for hydroxylation is 1. The fraction of sp³-hybridized carbons (Fsp3) is 0.391. The number of benzene rings is 2. The number of nitrogens with zero attached hydrogens (tertiary/aromatic N) is 1. The molecule has 154 valence electrons. The lowest BCUT2D eigenvalue weighted by Crippen LogP contribution is -2.41. The smallest absolute Gasteiger partial charge is 0.307 e. The summed E-state index contributed by atoms with van der Waals surface area (Å²) in [5, 5.41) is 0. The number of fused-ring (bicyclic) bond motifs is 1. The van der Waals surface area contributed by atoms with Crippen LogP contribution in [0.4, 0.5) is 0 Å². The van der Waals surface area contributed by atoms with Crippen LogP contribution in [-0.4, -0.2) is 44.7 Å². The first kappa shape index (κ1) is 20.7. The maximum atomic E-state index is 13.3. The van der Waals surface area contributed by atoms with Crippen LogP contribution in [-0.2, 0) is 22.4 Å². The van der Waals surface area contributed by atoms with Crippen molar-refractivity contribution in [2.45, 2.75) is 32.2 Å². The zero-order chi connectivity index (χ0) is 21.0. The molecule has 0 aromatic heterocycles. The minimum atomic E-state index is -0.427. The zero-order valence-corrected chi connectivity index (χ0v) is 17.4. The fourth-order valence-corrected chi connectivity index (χ4v) is 3.78. The molecule has 1 aliphatic heterocycles. The molecule has 0 unspecified atom stereocenters. The molecule has 0 spiro atoms. The number of ether oxygens (including phenoxy) is 3. The van der Waals surface area contributed by atoms with Gasteiger partial charge in [0.25, 0.3) is 5.91 Å². The van der Waals surface area contributed by atoms with Gasteiger partial charge in [-0.05, 0) is 53.8 Å². The zero-order valence-electron chi connectivity index (χ0n) is 17.4. The highest BCUT2D eigenvalue weighted by molar-refractivity contribution is 5.95. The third kappa shape index (κ3) is 4.21. The van der Waals surface area contributed by atoms with Gasteiger partial charge in [0.05, 0.1) is 33.8 Å². The average Bonchev–Trinajstić information content (AvgIpc) is 2.77. The summed E-state index contributed by atoms with van der Waals surface area (Å²) in [6, 6.07) is 11.0. The summed E-state index contributed by atoms with van der Waals surface area (Å²) in [5.74, 6) is 0.750. The lowest BCUT2D eigenvalue weighted by atomic mass is 9.89. The van der Waals surface area contributed by atoms with Crippen molar-refractivity contribution < 1.29 is 23.8 Å². The van der Waals surface area contributed by atoms with Crippen molar-refractivity contribution in [3.63, 3.8) is 0 Å². The number of hydrogen-bond donors (Lipinski definition) is 0. The molecule has 0 radical (unpaired) electrons. The van der Waals surface area contributed by atoms with Crippen molar-refractivity contribution in [3.8, 4) is 11.5 Å². The van der Waals surface area contributed by atoms with Gasteiger partial charge in [-0.3, -0.25) is 9.59 Å². The standard InChI is InChI=1S/C23H27NO5/c1-5-15-6-8-16(9-7-15)23(26)24-11-10-17-12-20(27-2)21(28-3)13-18(17)19(24)14-22(25)29-4/h6-9,12-13,19H,5,10-11,14H2,1-4H3/t19-/m1/s1. The predicted octanol–water partition coefficient (Wildman–Crippen LogP) is 3.57. The normalized spacial score (nSPS) is 15.4. The van der Waals surface area contributed by atoms with E-state index < -0.39 is 6.04 Å². The lowest BCUT2D eigenvalue weighted by molar-refractivity contribution is -0.141. The molecule has 1 heterocycles. The average molecular weight is 397 g/mol. The Morgan fingerprint density at radius 1 is 1.03 bits per heavy atom. The van der Waals surface area contributed by atoms with E-state index in [4.69, 9.17) is 14.2 Å². The second-order valence-corrected chi connectivity index (χ2v) is 7.00. The van der Waals surface area contributed by atoms with E-state index in [0.29, 0.717) is 30.0 Å². The molecule has 1 amide bonds. The Kier molecular flexibility index (Phi) is 6.42. The summed E-state index contributed by atoms with van der Waals surface area (Å²) in [5.41, 5.74) is 3.72. The Labute approximate surface area is 171 Å². The molecule has 0 saturated carbocycles. The summed E-state index contributed by atoms with van der Waals surface area (Å²) < 4.78 is 15.8. The van der Waals surface area contributed by atoms with Crippen LogP contribution >= 0.6 is 0 Å². The highest BCUT2D eigenvalue weighted by atomic mass is 16.5. The Hall–Kier alpha value is -3.02. The molecule has 1 aliphatic rings. The van der Waals surface area contributed by atoms with E-state index in [1.165, 1.54) is 12.7 Å². The number of methoxy groups -OCH3 is 3. The molecule has 2 aromatic rings. The Morgan fingerprint density at radius 2 is 1.69 bits per heavy atom. The van der Waals surface area contributed by atoms with Crippen molar-refractivity contribution in [2.75, 3.05) is 27.9 Å². The van der Waals surface area contributed by atoms with E-state index in [-0.39, 0.29) is 18.3 Å². The third-order valence-electron chi connectivity index (χ3n) is 5.46. The number of carbonyl (C=O) groups excluding carboxylic acids is 2. The van der Waals surface area contributed by atoms with E-state index in [2.05, 4.69) is 6.92 Å². The fourth-order valence-electron chi connectivity index (χ4n) is 3.78. The predicted molar refractivity (Wildman–Crippen MR) is 109 cm³/mol. The van der Waals surface area contributed by atoms with Crippen molar-refractivity contribution in [1.29, 1.82) is 0 Å². The van der Waals surface area contributed by atoms with Crippen LogP contribution in [0.1, 0.15) is 46.4 Å². The van der Waals surface area contributed by atoms with Crippen LogP contribution in [0, 0.1) is 0 Å². The summed E-state index contributed by atoms with van der Waals surface area (Å²) in [6.45, 7) is 2.59. The summed E-state index contributed by atoms with van der Waals surface area (Å²) in [7, 11) is 4.52. The molecule has 0 N–H and O–H groups in total. The van der Waals surface area contributed by atoms with Gasteiger partial charge in [0.1, 0.15) is 0 Å². The molecule has 3 rings (SSSR count). The van der Waals surface area contributed by atoms with Crippen LogP contribution in [0.25, 0.3) is 0 Å². The summed E-state index contributed by atoms with van der Waals surface area (Å²) in [4.78, 5) is 27.2. The van der Waals surface area contributed by atoms with Crippen LogP contribution in [0.15, 0.2) is 36.4 Å². The molecule has 0 bridgehead atoms. The minimum Gasteiger partial charge on any atom is -0.493 e. The number of rotatable bonds is 6. The maximum Gasteiger partial charge on any atom is 0.307 e. The summed E-state index contributed by atoms with van der Waals surface area (Å²) in [6.07, 6.45) is 1.67. The quantitative estimate of drug-likeness (QED) is 0.698. The number of carbonyl (C=O) groups is 2. The molecule has 0 saturated heterocycles. The molecule has 29 heavy (non-hydrogen) atoms. The Balaban J connectivity index is 2.00. The highest BCUT2D eigenvalue weighted by Gasteiger charge is 2.34. The van der Waals surface area contributed by atoms with Gasteiger partial charge in [0, 0.05) is 12.1 Å². The molecule has 6 heteroatoms. The Bertz CT molecular complexity index is 891. The van der Waals surface area contributed by atoms with Gasteiger partial charge < -0.3 is 19.1 Å². The van der Waals surface area contributed by atoms with E-state index in [0.717, 1.165) is 17.5 Å². The maximum absolute atomic E-state index is 13.3. The summed E-state index contributed by atoms with van der Waals surface area (Å²) >= 11 is 0. The number of hydrogen-bond acceptors (Lipinski definition) is 5. The molecule has 1 atom stereocenters. The number of esters is 1. The minimum absolute atomic E-state index is 0.0811. The first-order valence-corrected chi connectivity index (χ1v) is 9.73. The number of amides is 1.